The summed E-state index contributed by atoms with van der Waals surface area (Å²) in [7, 11) is 0. The summed E-state index contributed by atoms with van der Waals surface area (Å²) in [5.74, 6) is 0. The summed E-state index contributed by atoms with van der Waals surface area (Å²) in [5.41, 5.74) is 1.86. The van der Waals surface area contributed by atoms with Crippen LogP contribution in [0.2, 0.25) is 0 Å². The smallest absolute Gasteiger partial charge is 0.182 e. The monoisotopic (exact) mass is 162 g/mol. The largest absolute Gasteiger partial charge is 0.364 e. The number of fused-ring (bicyclic) bond motifs is 1. The summed E-state index contributed by atoms with van der Waals surface area (Å²) in [4.78, 5) is 0. The molecule has 1 aromatic carbocycles. The number of rotatable bonds is 1. The zero-order chi connectivity index (χ0) is 8.55. The van der Waals surface area contributed by atoms with Crippen LogP contribution in [-0.2, 0) is 4.74 Å². The lowest BCUT2D eigenvalue weighted by atomic mass is 10.1. The highest BCUT2D eigenvalue weighted by Gasteiger charge is 2.27. The van der Waals surface area contributed by atoms with Gasteiger partial charge in [0.15, 0.2) is 6.29 Å². The van der Waals surface area contributed by atoms with Crippen LogP contribution in [0.15, 0.2) is 36.9 Å². The van der Waals surface area contributed by atoms with E-state index in [1.165, 1.54) is 0 Å². The molecule has 1 heterocycles. The topological polar surface area (TPSA) is 29.5 Å². The Morgan fingerprint density at radius 3 is 2.67 bits per heavy atom. The van der Waals surface area contributed by atoms with Crippen molar-refractivity contribution in [1.82, 2.24) is 0 Å². The summed E-state index contributed by atoms with van der Waals surface area (Å²) in [5, 5.41) is 9.41. The predicted octanol–water partition coefficient (Wildman–Crippen LogP) is 1.93. The molecular formula is C10H10O2. The van der Waals surface area contributed by atoms with Crippen LogP contribution in [0.5, 0.6) is 0 Å². The summed E-state index contributed by atoms with van der Waals surface area (Å²) in [6, 6.07) is 7.62. The number of benzene rings is 1. The minimum absolute atomic E-state index is 0.156. The van der Waals surface area contributed by atoms with Gasteiger partial charge >= 0.3 is 0 Å². The number of ether oxygens (including phenoxy) is 1. The van der Waals surface area contributed by atoms with Gasteiger partial charge in [-0.1, -0.05) is 30.3 Å². The van der Waals surface area contributed by atoms with E-state index < -0.39 is 6.29 Å². The molecule has 0 aromatic heterocycles. The van der Waals surface area contributed by atoms with Crippen LogP contribution in [0.25, 0.3) is 0 Å². The highest BCUT2D eigenvalue weighted by molar-refractivity contribution is 5.35. The van der Waals surface area contributed by atoms with Gasteiger partial charge < -0.3 is 9.84 Å². The number of aliphatic hydroxyl groups is 1. The van der Waals surface area contributed by atoms with Crippen LogP contribution < -0.4 is 0 Å². The third-order valence-corrected chi connectivity index (χ3v) is 2.06. The highest BCUT2D eigenvalue weighted by Crippen LogP contribution is 2.37. The Morgan fingerprint density at radius 1 is 1.33 bits per heavy atom. The Kier molecular flexibility index (Phi) is 1.71. The fourth-order valence-corrected chi connectivity index (χ4v) is 1.46. The maximum atomic E-state index is 9.41. The average Bonchev–Trinajstić information content (AvgIpc) is 2.44. The predicted molar refractivity (Wildman–Crippen MR) is 45.4 cm³/mol. The van der Waals surface area contributed by atoms with Gasteiger partial charge in [-0.15, -0.1) is 6.58 Å². The first-order valence-corrected chi connectivity index (χ1v) is 3.88. The fraction of sp³-hybridized carbons (Fsp3) is 0.200. The van der Waals surface area contributed by atoms with Crippen molar-refractivity contribution in [2.24, 2.45) is 0 Å². The Labute approximate surface area is 71.1 Å². The molecule has 0 saturated carbocycles. The maximum absolute atomic E-state index is 9.41. The molecule has 1 N–H and O–H groups in total. The minimum atomic E-state index is -0.788. The Bertz CT molecular complexity index is 306. The molecule has 2 unspecified atom stereocenters. The summed E-state index contributed by atoms with van der Waals surface area (Å²) in [6.45, 7) is 3.64. The van der Waals surface area contributed by atoms with Crippen molar-refractivity contribution in [3.63, 3.8) is 0 Å². The minimum Gasteiger partial charge on any atom is -0.364 e. The van der Waals surface area contributed by atoms with E-state index in [1.807, 2.05) is 24.3 Å². The maximum Gasteiger partial charge on any atom is 0.182 e. The molecule has 2 rings (SSSR count). The van der Waals surface area contributed by atoms with E-state index in [2.05, 4.69) is 6.58 Å². The van der Waals surface area contributed by atoms with Gasteiger partial charge in [0.05, 0.1) is 0 Å². The molecule has 2 nitrogen and oxygen atoms in total. The standard InChI is InChI=1S/C10H10O2/c1-2-9-7-5-3-4-6-8(7)10(11)12-9/h2-6,9-11H,1H2. The molecule has 0 bridgehead atoms. The molecule has 0 amide bonds. The molecule has 2 heteroatoms. The summed E-state index contributed by atoms with van der Waals surface area (Å²) < 4.78 is 5.22. The van der Waals surface area contributed by atoms with Gasteiger partial charge in [0.1, 0.15) is 6.10 Å². The zero-order valence-electron chi connectivity index (χ0n) is 6.60. The van der Waals surface area contributed by atoms with Crippen LogP contribution in [0, 0.1) is 0 Å². The van der Waals surface area contributed by atoms with Crippen molar-refractivity contribution >= 4 is 0 Å². The lowest BCUT2D eigenvalue weighted by molar-refractivity contribution is -0.106. The molecule has 1 aliphatic heterocycles. The van der Waals surface area contributed by atoms with Crippen molar-refractivity contribution in [3.05, 3.63) is 48.0 Å². The second-order valence-corrected chi connectivity index (χ2v) is 2.77. The first-order chi connectivity index (χ1) is 5.83. The van der Waals surface area contributed by atoms with Crippen LogP contribution in [0.1, 0.15) is 23.5 Å². The molecule has 12 heavy (non-hydrogen) atoms. The van der Waals surface area contributed by atoms with Gasteiger partial charge in [-0.05, 0) is 5.56 Å². The third-order valence-electron chi connectivity index (χ3n) is 2.06. The normalized spacial score (nSPS) is 26.8. The number of hydrogen-bond acceptors (Lipinski definition) is 2. The number of hydrogen-bond donors (Lipinski definition) is 1. The second kappa shape index (κ2) is 2.73. The summed E-state index contributed by atoms with van der Waals surface area (Å²) >= 11 is 0. The van der Waals surface area contributed by atoms with Crippen LogP contribution >= 0.6 is 0 Å². The van der Waals surface area contributed by atoms with E-state index in [0.717, 1.165) is 11.1 Å². The first kappa shape index (κ1) is 7.53. The Hall–Kier alpha value is -1.12. The van der Waals surface area contributed by atoms with Gasteiger partial charge in [0.2, 0.25) is 0 Å². The van der Waals surface area contributed by atoms with Gasteiger partial charge in [0.25, 0.3) is 0 Å². The van der Waals surface area contributed by atoms with Crippen molar-refractivity contribution in [3.8, 4) is 0 Å². The van der Waals surface area contributed by atoms with Crippen LogP contribution in [-0.4, -0.2) is 5.11 Å². The zero-order valence-corrected chi connectivity index (χ0v) is 6.60. The van der Waals surface area contributed by atoms with Gasteiger partial charge in [-0.25, -0.2) is 0 Å². The van der Waals surface area contributed by atoms with Crippen molar-refractivity contribution in [2.45, 2.75) is 12.4 Å². The van der Waals surface area contributed by atoms with E-state index in [4.69, 9.17) is 4.74 Å². The molecule has 0 fully saturated rings. The van der Waals surface area contributed by atoms with E-state index >= 15 is 0 Å². The molecule has 1 aliphatic rings. The van der Waals surface area contributed by atoms with E-state index in [-0.39, 0.29) is 6.10 Å². The third kappa shape index (κ3) is 0.967. The molecule has 62 valence electrons. The lowest BCUT2D eigenvalue weighted by Gasteiger charge is -2.03. The lowest BCUT2D eigenvalue weighted by Crippen LogP contribution is -1.93. The van der Waals surface area contributed by atoms with Crippen molar-refractivity contribution in [2.75, 3.05) is 0 Å². The molecule has 2 atom stereocenters. The molecule has 0 radical (unpaired) electrons. The second-order valence-electron chi connectivity index (χ2n) is 2.77. The fourth-order valence-electron chi connectivity index (χ4n) is 1.46. The average molecular weight is 162 g/mol. The summed E-state index contributed by atoms with van der Waals surface area (Å²) in [6.07, 6.45) is 0.745. The molecule has 0 aliphatic carbocycles. The molecule has 1 aromatic rings. The Morgan fingerprint density at radius 2 is 2.00 bits per heavy atom. The van der Waals surface area contributed by atoms with E-state index in [0.29, 0.717) is 0 Å². The van der Waals surface area contributed by atoms with Crippen LogP contribution in [0.3, 0.4) is 0 Å². The van der Waals surface area contributed by atoms with Crippen LogP contribution in [0.4, 0.5) is 0 Å². The molecule has 0 spiro atoms. The first-order valence-electron chi connectivity index (χ1n) is 3.88. The molecular weight excluding hydrogens is 152 g/mol. The number of aliphatic hydroxyl groups excluding tert-OH is 1. The van der Waals surface area contributed by atoms with Gasteiger partial charge in [-0.3, -0.25) is 0 Å². The Balaban J connectivity index is 2.49. The van der Waals surface area contributed by atoms with E-state index in [9.17, 15) is 5.11 Å². The SMILES string of the molecule is C=CC1OC(O)c2ccccc21. The van der Waals surface area contributed by atoms with E-state index in [1.54, 1.807) is 6.08 Å². The quantitative estimate of drug-likeness (QED) is 0.639. The van der Waals surface area contributed by atoms with Crippen molar-refractivity contribution < 1.29 is 9.84 Å². The molecule has 0 saturated heterocycles. The highest BCUT2D eigenvalue weighted by atomic mass is 16.6. The van der Waals surface area contributed by atoms with Crippen molar-refractivity contribution in [1.29, 1.82) is 0 Å². The van der Waals surface area contributed by atoms with Gasteiger partial charge in [0, 0.05) is 5.56 Å². The van der Waals surface area contributed by atoms with Gasteiger partial charge in [-0.2, -0.15) is 0 Å².